The zero-order valence-corrected chi connectivity index (χ0v) is 11.9. The maximum Gasteiger partial charge on any atom is 0.152 e. The highest BCUT2D eigenvalue weighted by molar-refractivity contribution is 5.47. The van der Waals surface area contributed by atoms with Gasteiger partial charge >= 0.3 is 0 Å². The summed E-state index contributed by atoms with van der Waals surface area (Å²) in [7, 11) is 0. The van der Waals surface area contributed by atoms with Gasteiger partial charge in [-0.3, -0.25) is 0 Å². The van der Waals surface area contributed by atoms with Crippen molar-refractivity contribution < 1.29 is 13.2 Å². The Hall–Kier alpha value is -1.19. The normalized spacial score (nSPS) is 11.7. The predicted octanol–water partition coefficient (Wildman–Crippen LogP) is 4.98. The zero-order chi connectivity index (χ0) is 14.6. The van der Waals surface area contributed by atoms with Crippen LogP contribution in [-0.4, -0.2) is 6.04 Å². The first-order chi connectivity index (χ1) is 8.79. The van der Waals surface area contributed by atoms with Crippen LogP contribution in [0.1, 0.15) is 40.5 Å². The van der Waals surface area contributed by atoms with E-state index in [0.29, 0.717) is 24.0 Å². The van der Waals surface area contributed by atoms with E-state index < -0.39 is 17.5 Å². The highest BCUT2D eigenvalue weighted by Crippen LogP contribution is 2.24. The van der Waals surface area contributed by atoms with Crippen molar-refractivity contribution in [2.75, 3.05) is 5.32 Å². The molecule has 19 heavy (non-hydrogen) atoms. The molecule has 0 aliphatic carbocycles. The zero-order valence-electron chi connectivity index (χ0n) is 11.9. The van der Waals surface area contributed by atoms with Gasteiger partial charge in [0.15, 0.2) is 11.6 Å². The smallest absolute Gasteiger partial charge is 0.152 e. The fourth-order valence-corrected chi connectivity index (χ4v) is 2.24. The van der Waals surface area contributed by atoms with Crippen LogP contribution in [0.5, 0.6) is 0 Å². The highest BCUT2D eigenvalue weighted by atomic mass is 19.1. The minimum absolute atomic E-state index is 0.0190. The molecule has 0 aliphatic heterocycles. The van der Waals surface area contributed by atoms with Crippen molar-refractivity contribution in [3.63, 3.8) is 0 Å². The first-order valence-electron chi connectivity index (χ1n) is 6.70. The lowest BCUT2D eigenvalue weighted by Crippen LogP contribution is -2.25. The highest BCUT2D eigenvalue weighted by Gasteiger charge is 2.18. The van der Waals surface area contributed by atoms with Crippen molar-refractivity contribution >= 4 is 5.69 Å². The molecule has 0 bridgehead atoms. The van der Waals surface area contributed by atoms with Crippen LogP contribution in [0, 0.1) is 29.3 Å². The lowest BCUT2D eigenvalue weighted by Gasteiger charge is -2.24. The van der Waals surface area contributed by atoms with Crippen LogP contribution in [0.2, 0.25) is 0 Å². The summed E-state index contributed by atoms with van der Waals surface area (Å²) in [6.45, 7) is 8.25. The average molecular weight is 273 g/mol. The van der Waals surface area contributed by atoms with Crippen molar-refractivity contribution in [2.24, 2.45) is 11.8 Å². The van der Waals surface area contributed by atoms with Gasteiger partial charge in [-0.05, 0) is 24.7 Å². The molecule has 1 aromatic carbocycles. The molecule has 0 aromatic heterocycles. The molecule has 0 saturated heterocycles. The summed E-state index contributed by atoms with van der Waals surface area (Å²) >= 11 is 0. The van der Waals surface area contributed by atoms with Gasteiger partial charge in [0.25, 0.3) is 0 Å². The van der Waals surface area contributed by atoms with Crippen LogP contribution in [0.3, 0.4) is 0 Å². The van der Waals surface area contributed by atoms with E-state index in [-0.39, 0.29) is 11.7 Å². The third-order valence-electron chi connectivity index (χ3n) is 2.87. The van der Waals surface area contributed by atoms with Gasteiger partial charge in [-0.1, -0.05) is 27.7 Å². The Morgan fingerprint density at radius 1 is 0.895 bits per heavy atom. The van der Waals surface area contributed by atoms with Gasteiger partial charge < -0.3 is 5.32 Å². The van der Waals surface area contributed by atoms with Crippen LogP contribution in [0.25, 0.3) is 0 Å². The van der Waals surface area contributed by atoms with Crippen molar-refractivity contribution in [1.82, 2.24) is 0 Å². The van der Waals surface area contributed by atoms with Gasteiger partial charge in [0.2, 0.25) is 0 Å². The summed E-state index contributed by atoms with van der Waals surface area (Å²) < 4.78 is 40.1. The number of rotatable bonds is 6. The molecule has 0 fully saturated rings. The monoisotopic (exact) mass is 273 g/mol. The number of halogens is 3. The molecular formula is C15H22F3N. The van der Waals surface area contributed by atoms with Gasteiger partial charge in [-0.25, -0.2) is 13.2 Å². The Labute approximate surface area is 113 Å². The molecule has 108 valence electrons. The molecule has 4 heteroatoms. The van der Waals surface area contributed by atoms with Crippen molar-refractivity contribution in [3.05, 3.63) is 29.6 Å². The molecule has 0 spiro atoms. The van der Waals surface area contributed by atoms with E-state index in [4.69, 9.17) is 0 Å². The van der Waals surface area contributed by atoms with Crippen molar-refractivity contribution in [2.45, 2.75) is 46.6 Å². The summed E-state index contributed by atoms with van der Waals surface area (Å²) in [6, 6.07) is 1.38. The molecule has 0 atom stereocenters. The first kappa shape index (κ1) is 15.9. The van der Waals surface area contributed by atoms with E-state index >= 15 is 0 Å². The van der Waals surface area contributed by atoms with E-state index in [2.05, 4.69) is 33.0 Å². The van der Waals surface area contributed by atoms with Crippen molar-refractivity contribution in [3.8, 4) is 0 Å². The Morgan fingerprint density at radius 3 is 1.68 bits per heavy atom. The molecule has 0 aliphatic rings. The second-order valence-corrected chi connectivity index (χ2v) is 5.84. The minimum atomic E-state index is -0.898. The summed E-state index contributed by atoms with van der Waals surface area (Å²) in [4.78, 5) is 0. The van der Waals surface area contributed by atoms with Gasteiger partial charge in [0, 0.05) is 18.2 Å². The van der Waals surface area contributed by atoms with Gasteiger partial charge in [0.1, 0.15) is 11.5 Å². The van der Waals surface area contributed by atoms with E-state index in [1.165, 1.54) is 0 Å². The molecule has 1 rings (SSSR count). The second kappa shape index (κ2) is 6.83. The average Bonchev–Trinajstić information content (AvgIpc) is 2.21. The Morgan fingerprint density at radius 2 is 1.32 bits per heavy atom. The molecule has 1 nitrogen and oxygen atoms in total. The molecule has 0 unspecified atom stereocenters. The van der Waals surface area contributed by atoms with Crippen LogP contribution in [-0.2, 0) is 0 Å². The van der Waals surface area contributed by atoms with E-state index in [0.717, 1.165) is 12.8 Å². The van der Waals surface area contributed by atoms with Crippen molar-refractivity contribution in [1.29, 1.82) is 0 Å². The molecule has 0 heterocycles. The number of benzene rings is 1. The minimum Gasteiger partial charge on any atom is -0.378 e. The molecule has 0 saturated carbocycles. The fraction of sp³-hybridized carbons (Fsp3) is 0.600. The van der Waals surface area contributed by atoms with Crippen LogP contribution in [0.4, 0.5) is 18.9 Å². The second-order valence-electron chi connectivity index (χ2n) is 5.84. The van der Waals surface area contributed by atoms with Crippen LogP contribution in [0.15, 0.2) is 12.1 Å². The Bertz CT molecular complexity index is 383. The summed E-state index contributed by atoms with van der Waals surface area (Å²) in [5.74, 6) is -1.82. The van der Waals surface area contributed by atoms with Crippen LogP contribution >= 0.6 is 0 Å². The summed E-state index contributed by atoms with van der Waals surface area (Å²) in [5.41, 5.74) is -0.229. The predicted molar refractivity (Wildman–Crippen MR) is 72.6 cm³/mol. The molecule has 1 aromatic rings. The lowest BCUT2D eigenvalue weighted by molar-refractivity contribution is 0.437. The fourth-order valence-electron chi connectivity index (χ4n) is 2.24. The van der Waals surface area contributed by atoms with Gasteiger partial charge in [-0.15, -0.1) is 0 Å². The summed E-state index contributed by atoms with van der Waals surface area (Å²) in [5, 5.41) is 2.89. The molecular weight excluding hydrogens is 251 g/mol. The van der Waals surface area contributed by atoms with E-state index in [1.807, 2.05) is 0 Å². The Balaban J connectivity index is 2.89. The number of hydrogen-bond acceptors (Lipinski definition) is 1. The maximum atomic E-state index is 13.6. The molecule has 0 amide bonds. The van der Waals surface area contributed by atoms with E-state index in [9.17, 15) is 13.2 Å². The SMILES string of the molecule is CC(C)CC(CC(C)C)Nc1c(F)cc(F)cc1F. The standard InChI is InChI=1S/C15H22F3N/c1-9(2)5-12(6-10(3)4)19-15-13(17)7-11(16)8-14(15)18/h7-10,12,19H,5-6H2,1-4H3. The first-order valence-corrected chi connectivity index (χ1v) is 6.70. The third-order valence-corrected chi connectivity index (χ3v) is 2.87. The molecule has 0 radical (unpaired) electrons. The largest absolute Gasteiger partial charge is 0.378 e. The Kier molecular flexibility index (Phi) is 5.70. The quantitative estimate of drug-likeness (QED) is 0.771. The van der Waals surface area contributed by atoms with Crippen LogP contribution < -0.4 is 5.32 Å². The number of anilines is 1. The third kappa shape index (κ3) is 5.13. The van der Waals surface area contributed by atoms with Gasteiger partial charge in [0.05, 0.1) is 0 Å². The lowest BCUT2D eigenvalue weighted by atomic mass is 9.95. The summed E-state index contributed by atoms with van der Waals surface area (Å²) in [6.07, 6.45) is 1.63. The number of hydrogen-bond donors (Lipinski definition) is 1. The number of nitrogens with one attached hydrogen (secondary N) is 1. The van der Waals surface area contributed by atoms with Gasteiger partial charge in [-0.2, -0.15) is 0 Å². The topological polar surface area (TPSA) is 12.0 Å². The molecule has 1 N–H and O–H groups in total. The maximum absolute atomic E-state index is 13.6. The van der Waals surface area contributed by atoms with E-state index in [1.54, 1.807) is 0 Å².